The predicted molar refractivity (Wildman–Crippen MR) is 70.5 cm³/mol. The van der Waals surface area contributed by atoms with E-state index >= 15 is 0 Å². The minimum absolute atomic E-state index is 0.139. The summed E-state index contributed by atoms with van der Waals surface area (Å²) in [5.41, 5.74) is 1.28. The molecule has 1 heterocycles. The van der Waals surface area contributed by atoms with Crippen LogP contribution in [0.3, 0.4) is 0 Å². The Morgan fingerprint density at radius 1 is 1.45 bits per heavy atom. The molecule has 106 valence electrons. The zero-order valence-corrected chi connectivity index (χ0v) is 10.8. The van der Waals surface area contributed by atoms with E-state index in [4.69, 9.17) is 9.52 Å². The molecule has 0 aliphatic rings. The number of halogens is 1. The Morgan fingerprint density at radius 2 is 2.30 bits per heavy atom. The summed E-state index contributed by atoms with van der Waals surface area (Å²) in [6.45, 7) is 1.08. The average Bonchev–Trinajstić information content (AvgIpc) is 2.87. The molecular formula is C14H15FN2O3. The maximum Gasteiger partial charge on any atom is 0.303 e. The Labute approximate surface area is 115 Å². The molecule has 1 aromatic heterocycles. The van der Waals surface area contributed by atoms with E-state index in [2.05, 4.69) is 10.3 Å². The van der Waals surface area contributed by atoms with Crippen LogP contribution in [0.5, 0.6) is 0 Å². The molecule has 0 spiro atoms. The van der Waals surface area contributed by atoms with Crippen LogP contribution < -0.4 is 5.32 Å². The first kappa shape index (κ1) is 14.2. The van der Waals surface area contributed by atoms with Gasteiger partial charge in [0.1, 0.15) is 12.1 Å². The van der Waals surface area contributed by atoms with Crippen molar-refractivity contribution >= 4 is 5.97 Å². The Balaban J connectivity index is 1.85. The molecule has 2 N–H and O–H groups in total. The van der Waals surface area contributed by atoms with Crippen LogP contribution in [0.2, 0.25) is 0 Å². The van der Waals surface area contributed by atoms with Crippen LogP contribution in [0.15, 0.2) is 34.9 Å². The van der Waals surface area contributed by atoms with Gasteiger partial charge in [-0.1, -0.05) is 6.07 Å². The Bertz CT molecular complexity index is 583. The molecule has 1 aromatic carbocycles. The number of aliphatic carboxylic acids is 1. The minimum atomic E-state index is -0.804. The number of hydrogen-bond acceptors (Lipinski definition) is 4. The molecule has 0 radical (unpaired) electrons. The van der Waals surface area contributed by atoms with E-state index in [9.17, 15) is 9.18 Å². The fraction of sp³-hybridized carbons (Fsp3) is 0.286. The van der Waals surface area contributed by atoms with Crippen LogP contribution in [0.25, 0.3) is 11.5 Å². The van der Waals surface area contributed by atoms with Gasteiger partial charge in [0, 0.05) is 18.5 Å². The molecule has 0 atom stereocenters. The number of nitrogens with one attached hydrogen (secondary N) is 1. The molecule has 0 fully saturated rings. The fourth-order valence-corrected chi connectivity index (χ4v) is 1.72. The minimum Gasteiger partial charge on any atom is -0.481 e. The molecular weight excluding hydrogens is 263 g/mol. The molecule has 6 heteroatoms. The van der Waals surface area contributed by atoms with Gasteiger partial charge in [-0.25, -0.2) is 9.37 Å². The molecule has 0 bridgehead atoms. The number of aromatic nitrogens is 1. The quantitative estimate of drug-likeness (QED) is 0.761. The van der Waals surface area contributed by atoms with Crippen molar-refractivity contribution in [3.63, 3.8) is 0 Å². The van der Waals surface area contributed by atoms with Crippen molar-refractivity contribution in [1.29, 1.82) is 0 Å². The maximum absolute atomic E-state index is 13.1. The van der Waals surface area contributed by atoms with Gasteiger partial charge in [-0.3, -0.25) is 4.79 Å². The maximum atomic E-state index is 13.1. The lowest BCUT2D eigenvalue weighted by molar-refractivity contribution is -0.137. The van der Waals surface area contributed by atoms with Crippen molar-refractivity contribution in [3.8, 4) is 11.5 Å². The van der Waals surface area contributed by atoms with Crippen molar-refractivity contribution < 1.29 is 18.7 Å². The number of carboxylic acids is 1. The van der Waals surface area contributed by atoms with E-state index in [-0.39, 0.29) is 12.2 Å². The lowest BCUT2D eigenvalue weighted by atomic mass is 10.2. The van der Waals surface area contributed by atoms with E-state index in [1.54, 1.807) is 12.1 Å². The summed E-state index contributed by atoms with van der Waals surface area (Å²) >= 11 is 0. The summed E-state index contributed by atoms with van der Waals surface area (Å²) in [4.78, 5) is 14.6. The summed E-state index contributed by atoms with van der Waals surface area (Å²) < 4.78 is 18.4. The lowest BCUT2D eigenvalue weighted by Crippen LogP contribution is -2.15. The van der Waals surface area contributed by atoms with E-state index in [0.717, 1.165) is 0 Å². The van der Waals surface area contributed by atoms with Crippen molar-refractivity contribution in [1.82, 2.24) is 10.3 Å². The Morgan fingerprint density at radius 3 is 3.05 bits per heavy atom. The van der Waals surface area contributed by atoms with Gasteiger partial charge in [-0.05, 0) is 31.2 Å². The predicted octanol–water partition coefficient (Wildman–Crippen LogP) is 2.44. The average molecular weight is 278 g/mol. The molecule has 0 unspecified atom stereocenters. The van der Waals surface area contributed by atoms with Crippen LogP contribution in [0.1, 0.15) is 18.5 Å². The van der Waals surface area contributed by atoms with Crippen LogP contribution >= 0.6 is 0 Å². The van der Waals surface area contributed by atoms with E-state index in [0.29, 0.717) is 36.7 Å². The number of hydrogen-bond donors (Lipinski definition) is 2. The Hall–Kier alpha value is -2.21. The number of benzene rings is 1. The number of oxazole rings is 1. The largest absolute Gasteiger partial charge is 0.481 e. The molecule has 20 heavy (non-hydrogen) atoms. The van der Waals surface area contributed by atoms with Crippen molar-refractivity contribution in [3.05, 3.63) is 42.0 Å². The standard InChI is InChI=1S/C14H15FN2O3/c15-11-4-1-3-10(7-11)14-17-12(9-20-14)8-16-6-2-5-13(18)19/h1,3-4,7,9,16H,2,5-6,8H2,(H,18,19). The molecule has 5 nitrogen and oxygen atoms in total. The van der Waals surface area contributed by atoms with E-state index < -0.39 is 5.97 Å². The number of rotatable bonds is 7. The van der Waals surface area contributed by atoms with Crippen LogP contribution in [-0.4, -0.2) is 22.6 Å². The number of nitrogens with zero attached hydrogens (tertiary/aromatic N) is 1. The van der Waals surface area contributed by atoms with Gasteiger partial charge in [0.2, 0.25) is 5.89 Å². The van der Waals surface area contributed by atoms with E-state index in [1.807, 2.05) is 0 Å². The summed E-state index contributed by atoms with van der Waals surface area (Å²) in [6, 6.07) is 6.03. The zero-order chi connectivity index (χ0) is 14.4. The smallest absolute Gasteiger partial charge is 0.303 e. The summed E-state index contributed by atoms with van der Waals surface area (Å²) in [5, 5.41) is 11.6. The van der Waals surface area contributed by atoms with Gasteiger partial charge in [0.25, 0.3) is 0 Å². The first-order valence-electron chi connectivity index (χ1n) is 6.28. The fourth-order valence-electron chi connectivity index (χ4n) is 1.72. The van der Waals surface area contributed by atoms with Gasteiger partial charge >= 0.3 is 5.97 Å². The normalized spacial score (nSPS) is 10.7. The van der Waals surface area contributed by atoms with Crippen molar-refractivity contribution in [2.75, 3.05) is 6.54 Å². The van der Waals surface area contributed by atoms with Crippen LogP contribution in [0.4, 0.5) is 4.39 Å². The number of carboxylic acid groups (broad SMARTS) is 1. The third-order valence-electron chi connectivity index (χ3n) is 2.67. The Kier molecular flexibility index (Phi) is 4.84. The highest BCUT2D eigenvalue weighted by Crippen LogP contribution is 2.19. The summed E-state index contributed by atoms with van der Waals surface area (Å²) in [7, 11) is 0. The zero-order valence-electron chi connectivity index (χ0n) is 10.8. The molecule has 0 aliphatic heterocycles. The second kappa shape index (κ2) is 6.81. The summed E-state index contributed by atoms with van der Waals surface area (Å²) in [6.07, 6.45) is 2.20. The van der Waals surface area contributed by atoms with Crippen molar-refractivity contribution in [2.24, 2.45) is 0 Å². The monoisotopic (exact) mass is 278 g/mol. The van der Waals surface area contributed by atoms with Crippen LogP contribution in [-0.2, 0) is 11.3 Å². The molecule has 0 amide bonds. The highest BCUT2D eigenvalue weighted by molar-refractivity contribution is 5.66. The first-order chi connectivity index (χ1) is 9.65. The van der Waals surface area contributed by atoms with Gasteiger partial charge < -0.3 is 14.8 Å². The van der Waals surface area contributed by atoms with Crippen LogP contribution in [0, 0.1) is 5.82 Å². The van der Waals surface area contributed by atoms with Gasteiger partial charge in [-0.2, -0.15) is 0 Å². The van der Waals surface area contributed by atoms with Gasteiger partial charge in [0.15, 0.2) is 0 Å². The van der Waals surface area contributed by atoms with Crippen molar-refractivity contribution in [2.45, 2.75) is 19.4 Å². The highest BCUT2D eigenvalue weighted by atomic mass is 19.1. The molecule has 0 saturated carbocycles. The summed E-state index contributed by atoms with van der Waals surface area (Å²) in [5.74, 6) is -0.775. The first-order valence-corrected chi connectivity index (χ1v) is 6.28. The molecule has 2 rings (SSSR count). The number of carbonyl (C=O) groups is 1. The van der Waals surface area contributed by atoms with Gasteiger partial charge in [0.05, 0.1) is 5.69 Å². The third kappa shape index (κ3) is 4.17. The van der Waals surface area contributed by atoms with Gasteiger partial charge in [-0.15, -0.1) is 0 Å². The molecule has 0 aliphatic carbocycles. The lowest BCUT2D eigenvalue weighted by Gasteiger charge is -1.99. The molecule has 2 aromatic rings. The molecule has 0 saturated heterocycles. The SMILES string of the molecule is O=C(O)CCCNCc1coc(-c2cccc(F)c2)n1. The second-order valence-electron chi connectivity index (χ2n) is 4.33. The second-order valence-corrected chi connectivity index (χ2v) is 4.33. The topological polar surface area (TPSA) is 75.4 Å². The van der Waals surface area contributed by atoms with E-state index in [1.165, 1.54) is 18.4 Å². The highest BCUT2D eigenvalue weighted by Gasteiger charge is 2.07. The third-order valence-corrected chi connectivity index (χ3v) is 2.67.